The van der Waals surface area contributed by atoms with E-state index in [1.54, 1.807) is 6.92 Å². The molecular formula is C8H9ClN2O4S. The van der Waals surface area contributed by atoms with Gasteiger partial charge in [0.2, 0.25) is 10.0 Å². The predicted octanol–water partition coefficient (Wildman–Crippen LogP) is 0.870. The number of rotatable bonds is 4. The number of carboxylic acids is 1. The third-order valence-electron chi connectivity index (χ3n) is 1.60. The van der Waals surface area contributed by atoms with Gasteiger partial charge in [-0.25, -0.2) is 13.4 Å². The van der Waals surface area contributed by atoms with Gasteiger partial charge in [-0.15, -0.1) is 0 Å². The van der Waals surface area contributed by atoms with E-state index in [0.717, 1.165) is 0 Å². The van der Waals surface area contributed by atoms with Gasteiger partial charge in [0.15, 0.2) is 5.75 Å². The van der Waals surface area contributed by atoms with E-state index in [0.29, 0.717) is 5.56 Å². The molecule has 0 atom stereocenters. The van der Waals surface area contributed by atoms with Crippen molar-refractivity contribution >= 4 is 33.3 Å². The van der Waals surface area contributed by atoms with Crippen molar-refractivity contribution in [3.63, 3.8) is 0 Å². The fraction of sp³-hybridized carbons (Fsp3) is 0.250. The summed E-state index contributed by atoms with van der Waals surface area (Å²) in [5.74, 6) is -2.42. The molecule has 0 aliphatic carbocycles. The number of pyridine rings is 1. The Labute approximate surface area is 97.3 Å². The molecule has 0 amide bonds. The van der Waals surface area contributed by atoms with Gasteiger partial charge in [-0.3, -0.25) is 9.52 Å². The van der Waals surface area contributed by atoms with Crippen LogP contribution in [0, 0.1) is 6.92 Å². The first-order valence-corrected chi connectivity index (χ1v) is 6.17. The summed E-state index contributed by atoms with van der Waals surface area (Å²) in [7, 11) is -3.90. The first-order valence-electron chi connectivity index (χ1n) is 4.14. The molecule has 1 aromatic rings. The molecule has 0 spiro atoms. The van der Waals surface area contributed by atoms with Crippen molar-refractivity contribution in [2.75, 3.05) is 10.5 Å². The second-order valence-corrected chi connectivity index (χ2v) is 5.17. The molecule has 88 valence electrons. The maximum atomic E-state index is 11.3. The third kappa shape index (κ3) is 3.67. The lowest BCUT2D eigenvalue weighted by Crippen LogP contribution is -2.22. The van der Waals surface area contributed by atoms with Crippen LogP contribution in [0.25, 0.3) is 0 Å². The fourth-order valence-corrected chi connectivity index (χ4v) is 1.96. The number of nitrogens with zero attached hydrogens (tertiary/aromatic N) is 1. The average Bonchev–Trinajstić information content (AvgIpc) is 2.08. The topological polar surface area (TPSA) is 96.4 Å². The van der Waals surface area contributed by atoms with E-state index < -0.39 is 21.7 Å². The van der Waals surface area contributed by atoms with Crippen molar-refractivity contribution in [3.05, 3.63) is 23.0 Å². The van der Waals surface area contributed by atoms with Gasteiger partial charge in [0.25, 0.3) is 0 Å². The number of aliphatic carboxylic acids is 1. The van der Waals surface area contributed by atoms with Crippen LogP contribution in [0.1, 0.15) is 5.56 Å². The zero-order valence-electron chi connectivity index (χ0n) is 8.27. The van der Waals surface area contributed by atoms with E-state index in [9.17, 15) is 13.2 Å². The molecule has 2 N–H and O–H groups in total. The van der Waals surface area contributed by atoms with Gasteiger partial charge in [-0.1, -0.05) is 11.6 Å². The maximum absolute atomic E-state index is 11.3. The van der Waals surface area contributed by atoms with Crippen LogP contribution < -0.4 is 4.72 Å². The predicted molar refractivity (Wildman–Crippen MR) is 59.0 cm³/mol. The van der Waals surface area contributed by atoms with E-state index in [4.69, 9.17) is 16.7 Å². The Hall–Kier alpha value is -1.34. The molecule has 0 aromatic carbocycles. The molecule has 0 aliphatic rings. The third-order valence-corrected chi connectivity index (χ3v) is 3.17. The van der Waals surface area contributed by atoms with E-state index in [-0.39, 0.29) is 10.8 Å². The Balaban J connectivity index is 2.88. The van der Waals surface area contributed by atoms with Gasteiger partial charge >= 0.3 is 5.97 Å². The van der Waals surface area contributed by atoms with Gasteiger partial charge in [-0.05, 0) is 18.6 Å². The smallest absolute Gasteiger partial charge is 0.320 e. The molecule has 16 heavy (non-hydrogen) atoms. The summed E-state index contributed by atoms with van der Waals surface area (Å²) >= 11 is 5.65. The van der Waals surface area contributed by atoms with Crippen LogP contribution in [0.2, 0.25) is 5.15 Å². The molecule has 1 aromatic heterocycles. The highest BCUT2D eigenvalue weighted by Crippen LogP contribution is 2.16. The highest BCUT2D eigenvalue weighted by molar-refractivity contribution is 7.93. The molecule has 1 rings (SSSR count). The minimum absolute atomic E-state index is 0.183. The molecule has 0 fully saturated rings. The highest BCUT2D eigenvalue weighted by atomic mass is 35.5. The summed E-state index contributed by atoms with van der Waals surface area (Å²) in [6, 6.07) is 1.47. The van der Waals surface area contributed by atoms with Crippen molar-refractivity contribution in [2.45, 2.75) is 6.92 Å². The molecule has 0 saturated carbocycles. The van der Waals surface area contributed by atoms with Gasteiger partial charge in [-0.2, -0.15) is 0 Å². The van der Waals surface area contributed by atoms with Crippen LogP contribution in [0.4, 0.5) is 5.69 Å². The van der Waals surface area contributed by atoms with Crippen molar-refractivity contribution < 1.29 is 18.3 Å². The Bertz CT molecular complexity index is 515. The van der Waals surface area contributed by atoms with Crippen LogP contribution in [-0.4, -0.2) is 30.2 Å². The number of carboxylic acid groups (broad SMARTS) is 1. The van der Waals surface area contributed by atoms with Crippen molar-refractivity contribution in [3.8, 4) is 0 Å². The summed E-state index contributed by atoms with van der Waals surface area (Å²) in [6.45, 7) is 1.66. The number of carbonyl (C=O) groups is 1. The minimum atomic E-state index is -3.90. The number of hydrogen-bond acceptors (Lipinski definition) is 4. The first-order chi connectivity index (χ1) is 7.30. The summed E-state index contributed by atoms with van der Waals surface area (Å²) < 4.78 is 24.6. The highest BCUT2D eigenvalue weighted by Gasteiger charge is 2.15. The summed E-state index contributed by atoms with van der Waals surface area (Å²) in [5.41, 5.74) is 0.778. The molecular weight excluding hydrogens is 256 g/mol. The quantitative estimate of drug-likeness (QED) is 0.787. The van der Waals surface area contributed by atoms with Crippen molar-refractivity contribution in [2.24, 2.45) is 0 Å². The van der Waals surface area contributed by atoms with Crippen LogP contribution >= 0.6 is 11.6 Å². The van der Waals surface area contributed by atoms with Crippen LogP contribution in [-0.2, 0) is 14.8 Å². The van der Waals surface area contributed by atoms with Gasteiger partial charge < -0.3 is 5.11 Å². The lowest BCUT2D eigenvalue weighted by molar-refractivity contribution is -0.134. The zero-order chi connectivity index (χ0) is 12.3. The lowest BCUT2D eigenvalue weighted by atomic mass is 10.3. The van der Waals surface area contributed by atoms with E-state index in [2.05, 4.69) is 9.71 Å². The first kappa shape index (κ1) is 12.7. The Kier molecular flexibility index (Phi) is 3.71. The SMILES string of the molecule is Cc1cc(NS(=O)(=O)CC(=O)O)cnc1Cl. The van der Waals surface area contributed by atoms with E-state index in [1.165, 1.54) is 12.3 Å². The molecule has 1 heterocycles. The van der Waals surface area contributed by atoms with Crippen LogP contribution in [0.5, 0.6) is 0 Å². The fourth-order valence-electron chi connectivity index (χ4n) is 0.992. The molecule has 0 bridgehead atoms. The Morgan fingerprint density at radius 3 is 2.75 bits per heavy atom. The largest absolute Gasteiger partial charge is 0.480 e. The summed E-state index contributed by atoms with van der Waals surface area (Å²) in [6.07, 6.45) is 1.22. The molecule has 0 saturated heterocycles. The van der Waals surface area contributed by atoms with Crippen LogP contribution in [0.15, 0.2) is 12.3 Å². The molecule has 0 radical (unpaired) electrons. The molecule has 0 aliphatic heterocycles. The number of aryl methyl sites for hydroxylation is 1. The number of nitrogens with one attached hydrogen (secondary N) is 1. The summed E-state index contributed by atoms with van der Waals surface area (Å²) in [5, 5.41) is 8.63. The Morgan fingerprint density at radius 1 is 1.62 bits per heavy atom. The minimum Gasteiger partial charge on any atom is -0.480 e. The number of hydrogen-bond donors (Lipinski definition) is 2. The molecule has 0 unspecified atom stereocenters. The number of halogens is 1. The van der Waals surface area contributed by atoms with E-state index in [1.807, 2.05) is 0 Å². The average molecular weight is 265 g/mol. The van der Waals surface area contributed by atoms with Gasteiger partial charge in [0, 0.05) is 0 Å². The Morgan fingerprint density at radius 2 is 2.25 bits per heavy atom. The second kappa shape index (κ2) is 4.67. The zero-order valence-corrected chi connectivity index (χ0v) is 9.84. The monoisotopic (exact) mass is 264 g/mol. The van der Waals surface area contributed by atoms with E-state index >= 15 is 0 Å². The van der Waals surface area contributed by atoms with Gasteiger partial charge in [0.05, 0.1) is 11.9 Å². The normalized spacial score (nSPS) is 11.1. The molecule has 8 heteroatoms. The number of sulfonamides is 1. The maximum Gasteiger partial charge on any atom is 0.320 e. The van der Waals surface area contributed by atoms with Crippen molar-refractivity contribution in [1.29, 1.82) is 0 Å². The van der Waals surface area contributed by atoms with Gasteiger partial charge in [0.1, 0.15) is 5.15 Å². The standard InChI is InChI=1S/C8H9ClN2O4S/c1-5-2-6(3-10-8(5)9)11-16(14,15)4-7(12)13/h2-3,11H,4H2,1H3,(H,12,13). The van der Waals surface area contributed by atoms with Crippen LogP contribution in [0.3, 0.4) is 0 Å². The number of aromatic nitrogens is 1. The summed E-state index contributed by atoms with van der Waals surface area (Å²) in [4.78, 5) is 14.0. The second-order valence-electron chi connectivity index (χ2n) is 3.09. The lowest BCUT2D eigenvalue weighted by Gasteiger charge is -2.06. The van der Waals surface area contributed by atoms with Crippen molar-refractivity contribution in [1.82, 2.24) is 4.98 Å². The molecule has 6 nitrogen and oxygen atoms in total. The number of anilines is 1.